The summed E-state index contributed by atoms with van der Waals surface area (Å²) in [5, 5.41) is 4.15. The molecule has 1 saturated carbocycles. The number of aromatic nitrogens is 2. The molecule has 0 saturated heterocycles. The fourth-order valence-corrected chi connectivity index (χ4v) is 4.59. The molecule has 0 N–H and O–H groups in total. The highest BCUT2D eigenvalue weighted by Crippen LogP contribution is 2.40. The van der Waals surface area contributed by atoms with Gasteiger partial charge in [-0.3, -0.25) is 4.79 Å². The van der Waals surface area contributed by atoms with Crippen LogP contribution in [0.5, 0.6) is 17.2 Å². The van der Waals surface area contributed by atoms with E-state index in [4.69, 9.17) is 18.7 Å². The summed E-state index contributed by atoms with van der Waals surface area (Å²) in [6, 6.07) is 13.8. The number of nitrogens with zero attached hydrogens (tertiary/aromatic N) is 3. The molecule has 8 heteroatoms. The van der Waals surface area contributed by atoms with Crippen LogP contribution in [0.25, 0.3) is 11.4 Å². The van der Waals surface area contributed by atoms with Crippen LogP contribution < -0.4 is 14.2 Å². The maximum atomic E-state index is 13.2. The second kappa shape index (κ2) is 11.7. The molecular weight excluding hydrogens is 446 g/mol. The minimum atomic E-state index is 0.128. The van der Waals surface area contributed by atoms with Crippen molar-refractivity contribution in [3.05, 3.63) is 53.9 Å². The SMILES string of the molecule is COc1cc(-c2noc(CCN(CCc3ccccc3)C(=O)C3CCCC3)n2)cc(OC)c1OC. The quantitative estimate of drug-likeness (QED) is 0.398. The van der Waals surface area contributed by atoms with E-state index < -0.39 is 0 Å². The van der Waals surface area contributed by atoms with Crippen LogP contribution in [0.3, 0.4) is 0 Å². The van der Waals surface area contributed by atoms with Gasteiger partial charge in [0.15, 0.2) is 11.5 Å². The largest absolute Gasteiger partial charge is 0.493 e. The summed E-state index contributed by atoms with van der Waals surface area (Å²) >= 11 is 0. The van der Waals surface area contributed by atoms with Gasteiger partial charge in [-0.05, 0) is 37.0 Å². The number of methoxy groups -OCH3 is 3. The van der Waals surface area contributed by atoms with Crippen LogP contribution >= 0.6 is 0 Å². The first-order valence-corrected chi connectivity index (χ1v) is 12.1. The van der Waals surface area contributed by atoms with Gasteiger partial charge < -0.3 is 23.6 Å². The molecule has 0 unspecified atom stereocenters. The molecule has 1 aliphatic carbocycles. The van der Waals surface area contributed by atoms with E-state index in [-0.39, 0.29) is 11.8 Å². The highest BCUT2D eigenvalue weighted by Gasteiger charge is 2.27. The Morgan fingerprint density at radius 1 is 0.971 bits per heavy atom. The molecule has 4 rings (SSSR count). The van der Waals surface area contributed by atoms with Crippen LogP contribution in [0, 0.1) is 5.92 Å². The Morgan fingerprint density at radius 2 is 1.63 bits per heavy atom. The lowest BCUT2D eigenvalue weighted by atomic mass is 10.1. The summed E-state index contributed by atoms with van der Waals surface area (Å²) in [4.78, 5) is 19.8. The summed E-state index contributed by atoms with van der Waals surface area (Å²) < 4.78 is 21.8. The van der Waals surface area contributed by atoms with Gasteiger partial charge in [0.25, 0.3) is 0 Å². The molecule has 3 aromatic rings. The number of hydrogen-bond acceptors (Lipinski definition) is 7. The zero-order valence-electron chi connectivity index (χ0n) is 20.7. The highest BCUT2D eigenvalue weighted by atomic mass is 16.5. The van der Waals surface area contributed by atoms with Gasteiger partial charge in [-0.2, -0.15) is 4.98 Å². The van der Waals surface area contributed by atoms with E-state index in [2.05, 4.69) is 22.3 Å². The topological polar surface area (TPSA) is 86.9 Å². The molecule has 0 radical (unpaired) electrons. The van der Waals surface area contributed by atoms with E-state index in [1.807, 2.05) is 23.1 Å². The Bertz CT molecular complexity index is 1080. The summed E-state index contributed by atoms with van der Waals surface area (Å²) in [6.45, 7) is 1.21. The van der Waals surface area contributed by atoms with Crippen LogP contribution in [0.4, 0.5) is 0 Å². The maximum Gasteiger partial charge on any atom is 0.228 e. The predicted molar refractivity (Wildman–Crippen MR) is 132 cm³/mol. The Labute approximate surface area is 206 Å². The van der Waals surface area contributed by atoms with Crippen molar-refractivity contribution in [1.82, 2.24) is 15.0 Å². The van der Waals surface area contributed by atoms with E-state index in [0.717, 1.165) is 32.1 Å². The Morgan fingerprint density at radius 3 is 2.26 bits per heavy atom. The molecular formula is C27H33N3O5. The van der Waals surface area contributed by atoms with Gasteiger partial charge in [-0.15, -0.1) is 0 Å². The van der Waals surface area contributed by atoms with Crippen molar-refractivity contribution in [2.24, 2.45) is 5.92 Å². The first-order valence-electron chi connectivity index (χ1n) is 12.1. The third kappa shape index (κ3) is 5.93. The summed E-state index contributed by atoms with van der Waals surface area (Å²) in [7, 11) is 4.69. The van der Waals surface area contributed by atoms with E-state index >= 15 is 0 Å². The van der Waals surface area contributed by atoms with E-state index in [9.17, 15) is 4.79 Å². The smallest absolute Gasteiger partial charge is 0.228 e. The molecule has 186 valence electrons. The van der Waals surface area contributed by atoms with Crippen LogP contribution in [-0.2, 0) is 17.6 Å². The number of carbonyl (C=O) groups is 1. The minimum Gasteiger partial charge on any atom is -0.493 e. The van der Waals surface area contributed by atoms with Gasteiger partial charge in [0, 0.05) is 31.0 Å². The molecule has 2 aromatic carbocycles. The molecule has 0 spiro atoms. The molecule has 1 fully saturated rings. The molecule has 0 bridgehead atoms. The molecule has 35 heavy (non-hydrogen) atoms. The number of carbonyl (C=O) groups excluding carboxylic acids is 1. The fraction of sp³-hybridized carbons (Fsp3) is 0.444. The maximum absolute atomic E-state index is 13.2. The zero-order chi connectivity index (χ0) is 24.6. The first-order chi connectivity index (χ1) is 17.1. The van der Waals surface area contributed by atoms with Gasteiger partial charge in [-0.1, -0.05) is 48.3 Å². The van der Waals surface area contributed by atoms with Gasteiger partial charge in [0.05, 0.1) is 21.3 Å². The van der Waals surface area contributed by atoms with Crippen molar-refractivity contribution in [2.45, 2.75) is 38.5 Å². The molecule has 1 aromatic heterocycles. The average molecular weight is 480 g/mol. The Balaban J connectivity index is 1.46. The lowest BCUT2D eigenvalue weighted by Gasteiger charge is -2.25. The van der Waals surface area contributed by atoms with Crippen molar-refractivity contribution in [2.75, 3.05) is 34.4 Å². The molecule has 1 amide bonds. The Hall–Kier alpha value is -3.55. The molecule has 8 nitrogen and oxygen atoms in total. The number of ether oxygens (including phenoxy) is 3. The number of amides is 1. The summed E-state index contributed by atoms with van der Waals surface area (Å²) in [5.41, 5.74) is 1.91. The van der Waals surface area contributed by atoms with Crippen molar-refractivity contribution in [3.8, 4) is 28.6 Å². The second-order valence-electron chi connectivity index (χ2n) is 8.72. The van der Waals surface area contributed by atoms with Gasteiger partial charge in [-0.25, -0.2) is 0 Å². The zero-order valence-corrected chi connectivity index (χ0v) is 20.7. The van der Waals surface area contributed by atoms with E-state index in [1.165, 1.54) is 5.56 Å². The van der Waals surface area contributed by atoms with Crippen molar-refractivity contribution < 1.29 is 23.5 Å². The molecule has 1 heterocycles. The monoisotopic (exact) mass is 479 g/mol. The Kier molecular flexibility index (Phi) is 8.23. The molecule has 0 aliphatic heterocycles. The minimum absolute atomic E-state index is 0.128. The average Bonchev–Trinajstić information content (AvgIpc) is 3.61. The molecule has 1 aliphatic rings. The number of hydrogen-bond donors (Lipinski definition) is 0. The van der Waals surface area contributed by atoms with Gasteiger partial charge in [0.2, 0.25) is 23.4 Å². The van der Waals surface area contributed by atoms with E-state index in [1.54, 1.807) is 33.5 Å². The second-order valence-corrected chi connectivity index (χ2v) is 8.72. The fourth-order valence-electron chi connectivity index (χ4n) is 4.59. The van der Waals surface area contributed by atoms with Crippen molar-refractivity contribution in [3.63, 3.8) is 0 Å². The predicted octanol–water partition coefficient (Wildman–Crippen LogP) is 4.57. The van der Waals surface area contributed by atoms with Crippen molar-refractivity contribution in [1.29, 1.82) is 0 Å². The standard InChI is InChI=1S/C27H33N3O5/c1-32-22-17-21(18-23(33-2)25(22)34-3)26-28-24(35-29-26)14-16-30(27(31)20-11-7-8-12-20)15-13-19-9-5-4-6-10-19/h4-6,9-10,17-18,20H,7-8,11-16H2,1-3H3. The summed E-state index contributed by atoms with van der Waals surface area (Å²) in [5.74, 6) is 2.81. The van der Waals surface area contributed by atoms with Crippen LogP contribution in [0.15, 0.2) is 47.0 Å². The van der Waals surface area contributed by atoms with Crippen LogP contribution in [-0.4, -0.2) is 55.4 Å². The lowest BCUT2D eigenvalue weighted by Crippen LogP contribution is -2.38. The van der Waals surface area contributed by atoms with Crippen LogP contribution in [0.1, 0.15) is 37.1 Å². The lowest BCUT2D eigenvalue weighted by molar-refractivity contribution is -0.135. The number of rotatable bonds is 11. The third-order valence-corrected chi connectivity index (χ3v) is 6.52. The van der Waals surface area contributed by atoms with Crippen molar-refractivity contribution >= 4 is 5.91 Å². The van der Waals surface area contributed by atoms with Crippen LogP contribution in [0.2, 0.25) is 0 Å². The van der Waals surface area contributed by atoms with Gasteiger partial charge in [0.1, 0.15) is 0 Å². The first kappa shape index (κ1) is 24.6. The molecule has 0 atom stereocenters. The highest BCUT2D eigenvalue weighted by molar-refractivity contribution is 5.79. The number of benzene rings is 2. The van der Waals surface area contributed by atoms with Gasteiger partial charge >= 0.3 is 0 Å². The third-order valence-electron chi connectivity index (χ3n) is 6.52. The van der Waals surface area contributed by atoms with E-state index in [0.29, 0.717) is 54.0 Å². The normalized spacial score (nSPS) is 13.6. The summed E-state index contributed by atoms with van der Waals surface area (Å²) in [6.07, 6.45) is 5.53.